The van der Waals surface area contributed by atoms with Crippen LogP contribution in [0, 0.1) is 30.1 Å². The first-order valence-electron chi connectivity index (χ1n) is 13.9. The van der Waals surface area contributed by atoms with E-state index in [0.29, 0.717) is 28.0 Å². The number of aryl methyl sites for hydroxylation is 1. The number of aromatic carboxylic acids is 1. The van der Waals surface area contributed by atoms with Gasteiger partial charge in [-0.15, -0.1) is 0 Å². The average Bonchev–Trinajstić information content (AvgIpc) is 3.59. The van der Waals surface area contributed by atoms with Crippen LogP contribution in [0.15, 0.2) is 30.9 Å². The minimum atomic E-state index is -1.09. The van der Waals surface area contributed by atoms with E-state index < -0.39 is 11.9 Å². The van der Waals surface area contributed by atoms with Gasteiger partial charge in [0.05, 0.1) is 19.5 Å². The number of aromatic nitrogens is 6. The minimum absolute atomic E-state index is 0.0318. The van der Waals surface area contributed by atoms with Crippen molar-refractivity contribution < 1.29 is 19.4 Å². The molecular weight excluding hydrogens is 510 g/mol. The molecule has 8 rings (SSSR count). The van der Waals surface area contributed by atoms with Crippen LogP contribution in [-0.2, 0) is 18.3 Å². The Labute approximate surface area is 231 Å². The summed E-state index contributed by atoms with van der Waals surface area (Å²) in [5, 5.41) is 21.6. The summed E-state index contributed by atoms with van der Waals surface area (Å²) in [6, 6.07) is 1.86. The van der Waals surface area contributed by atoms with Crippen LogP contribution in [0.1, 0.15) is 64.9 Å². The molecule has 0 spiro atoms. The standard InChI is InChI=1S/C29H33N7O4/c1-16-21(12-31-36(16)15-29-9-17-6-18(10-29)8-19(7-17)11-29)20-4-5-35-23(13-30-26(35)24(20)28(39)40-3)32-25-22(27(37)38)14-34(2)33-25/h4-5,12-14,17-19H,6-11,15H2,1-3H3,(H,32,33)(H,37,38). The van der Waals surface area contributed by atoms with Gasteiger partial charge in [0.25, 0.3) is 0 Å². The molecule has 0 aromatic carbocycles. The zero-order valence-electron chi connectivity index (χ0n) is 22.9. The van der Waals surface area contributed by atoms with Gasteiger partial charge in [0.1, 0.15) is 16.9 Å². The number of nitrogens with zero attached hydrogens (tertiary/aromatic N) is 6. The molecule has 4 heterocycles. The average molecular weight is 544 g/mol. The van der Waals surface area contributed by atoms with Crippen molar-refractivity contribution in [3.05, 3.63) is 47.7 Å². The van der Waals surface area contributed by atoms with Gasteiger partial charge in [0.2, 0.25) is 0 Å². The van der Waals surface area contributed by atoms with Gasteiger partial charge in [0, 0.05) is 42.8 Å². The highest BCUT2D eigenvalue weighted by molar-refractivity contribution is 6.03. The second kappa shape index (κ2) is 8.94. The number of anilines is 2. The highest BCUT2D eigenvalue weighted by Gasteiger charge is 2.51. The molecule has 4 aliphatic rings. The molecular formula is C29H33N7O4. The van der Waals surface area contributed by atoms with E-state index in [2.05, 4.69) is 27.0 Å². The van der Waals surface area contributed by atoms with Crippen LogP contribution < -0.4 is 5.32 Å². The molecule has 11 heteroatoms. The SMILES string of the molecule is COC(=O)c1c(-c2cnn(CC34CC5CC(CC(C5)C3)C4)c2C)ccn2c(Nc3nn(C)cc3C(=O)O)cnc12. The van der Waals surface area contributed by atoms with Crippen molar-refractivity contribution in [1.29, 1.82) is 0 Å². The maximum atomic E-state index is 13.1. The lowest BCUT2D eigenvalue weighted by molar-refractivity contribution is -0.0638. The highest BCUT2D eigenvalue weighted by Crippen LogP contribution is 2.60. The number of esters is 1. The molecule has 208 valence electrons. The number of hydrogen-bond acceptors (Lipinski definition) is 7. The van der Waals surface area contributed by atoms with Crippen molar-refractivity contribution in [1.82, 2.24) is 28.9 Å². The van der Waals surface area contributed by atoms with Gasteiger partial charge in [0.15, 0.2) is 11.5 Å². The first kappa shape index (κ1) is 24.9. The molecule has 0 unspecified atom stereocenters. The smallest absolute Gasteiger partial charge is 0.342 e. The molecule has 11 nitrogen and oxygen atoms in total. The van der Waals surface area contributed by atoms with Crippen molar-refractivity contribution in [3.8, 4) is 11.1 Å². The fourth-order valence-electron chi connectivity index (χ4n) is 8.20. The normalized spacial score (nSPS) is 25.0. The number of carboxylic acid groups (broad SMARTS) is 1. The summed E-state index contributed by atoms with van der Waals surface area (Å²) in [5.74, 6) is 1.67. The maximum absolute atomic E-state index is 13.1. The number of ether oxygens (including phenoxy) is 1. The predicted molar refractivity (Wildman–Crippen MR) is 147 cm³/mol. The monoisotopic (exact) mass is 543 g/mol. The van der Waals surface area contributed by atoms with E-state index in [1.54, 1.807) is 17.6 Å². The number of nitrogens with one attached hydrogen (secondary N) is 1. The third-order valence-electron chi connectivity index (χ3n) is 9.42. The van der Waals surface area contributed by atoms with Crippen LogP contribution in [0.4, 0.5) is 11.6 Å². The molecule has 0 atom stereocenters. The van der Waals surface area contributed by atoms with Crippen LogP contribution in [-0.4, -0.2) is 53.1 Å². The van der Waals surface area contributed by atoms with Crippen molar-refractivity contribution in [2.45, 2.75) is 52.0 Å². The number of imidazole rings is 1. The van der Waals surface area contributed by atoms with Gasteiger partial charge < -0.3 is 15.2 Å². The van der Waals surface area contributed by atoms with Gasteiger partial charge in [-0.1, -0.05) is 0 Å². The van der Waals surface area contributed by atoms with E-state index in [0.717, 1.165) is 35.6 Å². The Bertz CT molecular complexity index is 1630. The number of pyridine rings is 1. The number of hydrogen-bond donors (Lipinski definition) is 2. The molecule has 4 bridgehead atoms. The van der Waals surface area contributed by atoms with Gasteiger partial charge in [-0.3, -0.25) is 13.8 Å². The highest BCUT2D eigenvalue weighted by atomic mass is 16.5. The van der Waals surface area contributed by atoms with E-state index in [4.69, 9.17) is 9.84 Å². The summed E-state index contributed by atoms with van der Waals surface area (Å²) in [6.45, 7) is 2.99. The number of carboxylic acids is 1. The number of carbonyl (C=O) groups excluding carboxylic acids is 1. The quantitative estimate of drug-likeness (QED) is 0.322. The summed E-state index contributed by atoms with van der Waals surface area (Å²) < 4.78 is 10.5. The lowest BCUT2D eigenvalue weighted by atomic mass is 9.49. The first-order valence-corrected chi connectivity index (χ1v) is 13.9. The van der Waals surface area contributed by atoms with E-state index in [1.807, 2.05) is 18.5 Å². The fraction of sp³-hybridized carbons (Fsp3) is 0.483. The minimum Gasteiger partial charge on any atom is -0.477 e. The molecule has 4 aromatic heterocycles. The van der Waals surface area contributed by atoms with Crippen molar-refractivity contribution >= 4 is 29.2 Å². The predicted octanol–water partition coefficient (Wildman–Crippen LogP) is 4.68. The van der Waals surface area contributed by atoms with Crippen LogP contribution >= 0.6 is 0 Å². The second-order valence-electron chi connectivity index (χ2n) is 12.1. The third kappa shape index (κ3) is 3.89. The summed E-state index contributed by atoms with van der Waals surface area (Å²) in [7, 11) is 3.01. The van der Waals surface area contributed by atoms with Gasteiger partial charge in [-0.25, -0.2) is 14.6 Å². The summed E-state index contributed by atoms with van der Waals surface area (Å²) in [5.41, 5.74) is 3.70. The van der Waals surface area contributed by atoms with Gasteiger partial charge >= 0.3 is 11.9 Å². The Hall–Kier alpha value is -4.15. The molecule has 4 saturated carbocycles. The Morgan fingerprint density at radius 1 is 1.12 bits per heavy atom. The molecule has 0 aliphatic heterocycles. The van der Waals surface area contributed by atoms with Crippen molar-refractivity contribution in [3.63, 3.8) is 0 Å². The second-order valence-corrected chi connectivity index (χ2v) is 12.1. The lowest BCUT2D eigenvalue weighted by Gasteiger charge is -2.56. The van der Waals surface area contributed by atoms with E-state index in [9.17, 15) is 14.7 Å². The lowest BCUT2D eigenvalue weighted by Crippen LogP contribution is -2.48. The largest absolute Gasteiger partial charge is 0.477 e. The zero-order chi connectivity index (χ0) is 27.8. The topological polar surface area (TPSA) is 129 Å². The zero-order valence-corrected chi connectivity index (χ0v) is 22.9. The van der Waals surface area contributed by atoms with Crippen LogP contribution in [0.3, 0.4) is 0 Å². The molecule has 2 N–H and O–H groups in total. The molecule has 40 heavy (non-hydrogen) atoms. The first-order chi connectivity index (χ1) is 19.2. The van der Waals surface area contributed by atoms with Gasteiger partial charge in [-0.05, 0) is 74.7 Å². The molecule has 0 radical (unpaired) electrons. The molecule has 4 fully saturated rings. The van der Waals surface area contributed by atoms with E-state index >= 15 is 0 Å². The molecule has 0 amide bonds. The van der Waals surface area contributed by atoms with Crippen molar-refractivity contribution in [2.24, 2.45) is 30.2 Å². The number of rotatable bonds is 7. The van der Waals surface area contributed by atoms with Crippen LogP contribution in [0.2, 0.25) is 0 Å². The summed E-state index contributed by atoms with van der Waals surface area (Å²) in [4.78, 5) is 29.3. The Kier molecular flexibility index (Phi) is 5.55. The Balaban J connectivity index is 1.25. The fourth-order valence-corrected chi connectivity index (χ4v) is 8.20. The Morgan fingerprint density at radius 3 is 2.48 bits per heavy atom. The summed E-state index contributed by atoms with van der Waals surface area (Å²) >= 11 is 0. The Morgan fingerprint density at radius 2 is 1.82 bits per heavy atom. The molecule has 0 saturated heterocycles. The number of fused-ring (bicyclic) bond motifs is 1. The number of methoxy groups -OCH3 is 1. The van der Waals surface area contributed by atoms with E-state index in [-0.39, 0.29) is 11.4 Å². The van der Waals surface area contributed by atoms with Crippen LogP contribution in [0.5, 0.6) is 0 Å². The molecule has 4 aromatic rings. The summed E-state index contributed by atoms with van der Waals surface area (Å²) in [6.07, 6.45) is 14.8. The molecule has 4 aliphatic carbocycles. The number of carbonyl (C=O) groups is 2. The van der Waals surface area contributed by atoms with Crippen molar-refractivity contribution in [2.75, 3.05) is 12.4 Å². The van der Waals surface area contributed by atoms with Gasteiger partial charge in [-0.2, -0.15) is 10.2 Å². The van der Waals surface area contributed by atoms with Crippen LogP contribution in [0.25, 0.3) is 16.8 Å². The maximum Gasteiger partial charge on any atom is 0.342 e. The third-order valence-corrected chi connectivity index (χ3v) is 9.42. The van der Waals surface area contributed by atoms with E-state index in [1.165, 1.54) is 56.5 Å².